The second-order valence-electron chi connectivity index (χ2n) is 7.03. The molecule has 3 rings (SSSR count). The highest BCUT2D eigenvalue weighted by molar-refractivity contribution is 7.91. The van der Waals surface area contributed by atoms with Gasteiger partial charge in [0.25, 0.3) is 0 Å². The van der Waals surface area contributed by atoms with Gasteiger partial charge >= 0.3 is 0 Å². The molecule has 3 saturated carbocycles. The minimum atomic E-state index is -2.85. The Kier molecular flexibility index (Phi) is 3.67. The zero-order valence-electron chi connectivity index (χ0n) is 12.1. The second-order valence-corrected chi connectivity index (χ2v) is 9.35. The molecule has 1 N–H and O–H groups in total. The van der Waals surface area contributed by atoms with E-state index in [0.717, 1.165) is 37.0 Å². The lowest BCUT2D eigenvalue weighted by Crippen LogP contribution is -2.41. The van der Waals surface area contributed by atoms with Gasteiger partial charge in [0.15, 0.2) is 0 Å². The molecule has 0 aromatic heterocycles. The van der Waals surface area contributed by atoms with Crippen LogP contribution in [0.1, 0.15) is 44.9 Å². The second kappa shape index (κ2) is 5.03. The van der Waals surface area contributed by atoms with Crippen molar-refractivity contribution in [1.29, 1.82) is 0 Å². The third-order valence-electron chi connectivity index (χ3n) is 6.00. The van der Waals surface area contributed by atoms with Crippen LogP contribution in [0, 0.1) is 23.7 Å². The predicted octanol–water partition coefficient (Wildman–Crippen LogP) is 2.22. The molecule has 0 aromatic carbocycles. The van der Waals surface area contributed by atoms with Crippen LogP contribution in [0.2, 0.25) is 0 Å². The average Bonchev–Trinajstić information content (AvgIpc) is 2.84. The Bertz CT molecular complexity index is 423. The van der Waals surface area contributed by atoms with E-state index in [2.05, 4.69) is 12.4 Å². The van der Waals surface area contributed by atoms with E-state index in [1.807, 2.05) is 0 Å². The van der Waals surface area contributed by atoms with Crippen molar-refractivity contribution in [2.75, 3.05) is 13.3 Å². The summed E-state index contributed by atoms with van der Waals surface area (Å²) in [5.74, 6) is 3.34. The number of nitrogens with one attached hydrogen (secondary N) is 1. The molecular formula is C15H27NO2S. The summed E-state index contributed by atoms with van der Waals surface area (Å²) in [4.78, 5) is 0. The zero-order chi connectivity index (χ0) is 13.6. The first-order valence-corrected chi connectivity index (χ1v) is 9.84. The summed E-state index contributed by atoms with van der Waals surface area (Å²) in [6.45, 7) is 0. The average molecular weight is 285 g/mol. The van der Waals surface area contributed by atoms with E-state index in [1.54, 1.807) is 0 Å². The van der Waals surface area contributed by atoms with Crippen LogP contribution < -0.4 is 5.32 Å². The first kappa shape index (κ1) is 13.9. The van der Waals surface area contributed by atoms with E-state index in [-0.39, 0.29) is 5.25 Å². The van der Waals surface area contributed by atoms with Gasteiger partial charge < -0.3 is 5.32 Å². The van der Waals surface area contributed by atoms with E-state index < -0.39 is 9.84 Å². The van der Waals surface area contributed by atoms with Crippen molar-refractivity contribution in [3.63, 3.8) is 0 Å². The summed E-state index contributed by atoms with van der Waals surface area (Å²) in [5.41, 5.74) is 0. The Morgan fingerprint density at radius 2 is 1.68 bits per heavy atom. The van der Waals surface area contributed by atoms with E-state index in [1.165, 1.54) is 31.9 Å². The van der Waals surface area contributed by atoms with Crippen molar-refractivity contribution >= 4 is 9.84 Å². The van der Waals surface area contributed by atoms with E-state index in [9.17, 15) is 8.42 Å². The molecule has 0 spiro atoms. The predicted molar refractivity (Wildman–Crippen MR) is 77.8 cm³/mol. The van der Waals surface area contributed by atoms with E-state index >= 15 is 0 Å². The molecule has 110 valence electrons. The lowest BCUT2D eigenvalue weighted by atomic mass is 9.80. The van der Waals surface area contributed by atoms with Crippen molar-refractivity contribution < 1.29 is 8.42 Å². The Balaban J connectivity index is 1.67. The van der Waals surface area contributed by atoms with Crippen LogP contribution in [-0.2, 0) is 9.84 Å². The molecule has 0 bridgehead atoms. The standard InChI is InChI=1S/C15H27NO2S/c1-16-15(14-12-7-4-8-13(12)14)10-5-3-6-11(9-10)19(2,17)18/h10-16H,3-9H2,1-2H3. The molecule has 3 aliphatic rings. The normalized spacial score (nSPS) is 43.8. The molecule has 3 aliphatic carbocycles. The fourth-order valence-corrected chi connectivity index (χ4v) is 6.24. The lowest BCUT2D eigenvalue weighted by molar-refractivity contribution is 0.242. The number of fused-ring (bicyclic) bond motifs is 1. The minimum Gasteiger partial charge on any atom is -0.316 e. The van der Waals surface area contributed by atoms with E-state index in [0.29, 0.717) is 12.0 Å². The van der Waals surface area contributed by atoms with Crippen molar-refractivity contribution in [2.24, 2.45) is 23.7 Å². The van der Waals surface area contributed by atoms with Crippen molar-refractivity contribution in [2.45, 2.75) is 56.2 Å². The third kappa shape index (κ3) is 2.58. The minimum absolute atomic E-state index is 0.0827. The number of hydrogen-bond donors (Lipinski definition) is 1. The smallest absolute Gasteiger partial charge is 0.150 e. The monoisotopic (exact) mass is 285 g/mol. The van der Waals surface area contributed by atoms with Crippen LogP contribution in [0.3, 0.4) is 0 Å². The van der Waals surface area contributed by atoms with Crippen LogP contribution in [0.25, 0.3) is 0 Å². The van der Waals surface area contributed by atoms with Gasteiger partial charge in [0.1, 0.15) is 9.84 Å². The third-order valence-corrected chi connectivity index (χ3v) is 7.64. The maximum atomic E-state index is 11.8. The van der Waals surface area contributed by atoms with Gasteiger partial charge in [-0.1, -0.05) is 12.8 Å². The first-order chi connectivity index (χ1) is 9.02. The largest absolute Gasteiger partial charge is 0.316 e. The molecule has 0 amide bonds. The van der Waals surface area contributed by atoms with Crippen LogP contribution in [-0.4, -0.2) is 33.0 Å². The Morgan fingerprint density at radius 1 is 1.05 bits per heavy atom. The quantitative estimate of drug-likeness (QED) is 0.861. The molecule has 5 unspecified atom stereocenters. The molecule has 0 aromatic rings. The molecule has 4 heteroatoms. The summed E-state index contributed by atoms with van der Waals surface area (Å²) >= 11 is 0. The SMILES string of the molecule is CNC(C1CCCC(S(C)(=O)=O)C1)C1C2CCCC21. The molecule has 0 aliphatic heterocycles. The van der Waals surface area contributed by atoms with Crippen LogP contribution >= 0.6 is 0 Å². The lowest BCUT2D eigenvalue weighted by Gasteiger charge is -2.34. The Morgan fingerprint density at radius 3 is 2.26 bits per heavy atom. The fraction of sp³-hybridized carbons (Fsp3) is 1.00. The summed E-state index contributed by atoms with van der Waals surface area (Å²) < 4.78 is 23.6. The van der Waals surface area contributed by atoms with Crippen LogP contribution in [0.4, 0.5) is 0 Å². The maximum absolute atomic E-state index is 11.8. The van der Waals surface area contributed by atoms with Gasteiger partial charge in [-0.15, -0.1) is 0 Å². The molecular weight excluding hydrogens is 258 g/mol. The van der Waals surface area contributed by atoms with Gasteiger partial charge in [0.05, 0.1) is 5.25 Å². The molecule has 19 heavy (non-hydrogen) atoms. The van der Waals surface area contributed by atoms with Crippen molar-refractivity contribution in [1.82, 2.24) is 5.32 Å². The maximum Gasteiger partial charge on any atom is 0.150 e. The highest BCUT2D eigenvalue weighted by Crippen LogP contribution is 2.60. The topological polar surface area (TPSA) is 46.2 Å². The van der Waals surface area contributed by atoms with Gasteiger partial charge in [-0.25, -0.2) is 8.42 Å². The van der Waals surface area contributed by atoms with Crippen molar-refractivity contribution in [3.8, 4) is 0 Å². The van der Waals surface area contributed by atoms with Gasteiger partial charge in [0, 0.05) is 12.3 Å². The first-order valence-electron chi connectivity index (χ1n) is 7.88. The highest BCUT2D eigenvalue weighted by atomic mass is 32.2. The summed E-state index contributed by atoms with van der Waals surface area (Å²) in [6.07, 6.45) is 9.73. The zero-order valence-corrected chi connectivity index (χ0v) is 13.0. The van der Waals surface area contributed by atoms with Crippen molar-refractivity contribution in [3.05, 3.63) is 0 Å². The Labute approximate surface area is 117 Å². The number of sulfone groups is 1. The Hall–Kier alpha value is -0.0900. The summed E-state index contributed by atoms with van der Waals surface area (Å²) in [5, 5.41) is 3.46. The highest BCUT2D eigenvalue weighted by Gasteiger charge is 2.57. The molecule has 0 radical (unpaired) electrons. The molecule has 3 nitrogen and oxygen atoms in total. The van der Waals surface area contributed by atoms with Gasteiger partial charge in [-0.2, -0.15) is 0 Å². The number of hydrogen-bond acceptors (Lipinski definition) is 3. The molecule has 3 fully saturated rings. The van der Waals surface area contributed by atoms with Gasteiger partial charge in [-0.3, -0.25) is 0 Å². The van der Waals surface area contributed by atoms with E-state index in [4.69, 9.17) is 0 Å². The van der Waals surface area contributed by atoms with Crippen LogP contribution in [0.15, 0.2) is 0 Å². The summed E-state index contributed by atoms with van der Waals surface area (Å²) in [6, 6.07) is 0.569. The van der Waals surface area contributed by atoms with Gasteiger partial charge in [0.2, 0.25) is 0 Å². The fourth-order valence-electron chi connectivity index (χ4n) is 5.05. The van der Waals surface area contributed by atoms with Crippen LogP contribution in [0.5, 0.6) is 0 Å². The molecule has 0 heterocycles. The summed E-state index contributed by atoms with van der Waals surface area (Å²) in [7, 11) is -0.780. The number of rotatable bonds is 4. The van der Waals surface area contributed by atoms with Gasteiger partial charge in [-0.05, 0) is 62.8 Å². The molecule has 0 saturated heterocycles. The molecule has 5 atom stereocenters.